The summed E-state index contributed by atoms with van der Waals surface area (Å²) in [5.74, 6) is 0.802. The van der Waals surface area contributed by atoms with Crippen LogP contribution >= 0.6 is 0 Å². The fourth-order valence-electron chi connectivity index (χ4n) is 2.25. The number of rotatable bonds is 8. The van der Waals surface area contributed by atoms with Crippen molar-refractivity contribution in [1.82, 2.24) is 4.98 Å². The maximum Gasteiger partial charge on any atom is 0.137 e. The van der Waals surface area contributed by atoms with Crippen molar-refractivity contribution in [2.75, 3.05) is 6.61 Å². The molecule has 0 radical (unpaired) electrons. The molecule has 1 aromatic carbocycles. The van der Waals surface area contributed by atoms with Crippen molar-refractivity contribution >= 4 is 0 Å². The molecule has 23 heavy (non-hydrogen) atoms. The van der Waals surface area contributed by atoms with Crippen molar-refractivity contribution in [1.29, 1.82) is 5.26 Å². The summed E-state index contributed by atoms with van der Waals surface area (Å²) in [6.45, 7) is 2.78. The van der Waals surface area contributed by atoms with Gasteiger partial charge >= 0.3 is 0 Å². The Morgan fingerprint density at radius 3 is 2.57 bits per heavy atom. The van der Waals surface area contributed by atoms with E-state index in [9.17, 15) is 0 Å². The van der Waals surface area contributed by atoms with E-state index in [0.29, 0.717) is 5.56 Å². The van der Waals surface area contributed by atoms with Crippen LogP contribution < -0.4 is 4.74 Å². The van der Waals surface area contributed by atoms with Crippen LogP contribution in [0.1, 0.15) is 38.2 Å². The fraction of sp³-hybridized carbons (Fsp3) is 0.300. The van der Waals surface area contributed by atoms with Crippen molar-refractivity contribution in [2.24, 2.45) is 0 Å². The normalized spacial score (nSPS) is 10.6. The van der Waals surface area contributed by atoms with Gasteiger partial charge in [-0.1, -0.05) is 24.3 Å². The summed E-state index contributed by atoms with van der Waals surface area (Å²) in [7, 11) is 0. The molecule has 0 amide bonds. The molecule has 0 unspecified atom stereocenters. The summed E-state index contributed by atoms with van der Waals surface area (Å²) in [6.07, 6.45) is 10.7. The SMILES string of the molecule is CC=CCCCCCOc1ccc(-c2ccc(C#N)cc2)nc1. The quantitative estimate of drug-likeness (QED) is 0.501. The van der Waals surface area contributed by atoms with Gasteiger partial charge in [-0.05, 0) is 56.9 Å². The second-order valence-electron chi connectivity index (χ2n) is 5.34. The van der Waals surface area contributed by atoms with Crippen LogP contribution in [0.3, 0.4) is 0 Å². The van der Waals surface area contributed by atoms with Gasteiger partial charge in [0.15, 0.2) is 0 Å². The minimum Gasteiger partial charge on any atom is -0.492 e. The summed E-state index contributed by atoms with van der Waals surface area (Å²) >= 11 is 0. The Morgan fingerprint density at radius 2 is 1.91 bits per heavy atom. The molecule has 3 nitrogen and oxygen atoms in total. The van der Waals surface area contributed by atoms with Gasteiger partial charge in [-0.2, -0.15) is 5.26 Å². The molecule has 0 aliphatic rings. The minimum absolute atomic E-state index is 0.656. The Kier molecular flexibility index (Phi) is 6.87. The first kappa shape index (κ1) is 16.8. The van der Waals surface area contributed by atoms with Crippen molar-refractivity contribution in [3.05, 3.63) is 60.3 Å². The highest BCUT2D eigenvalue weighted by molar-refractivity contribution is 5.60. The molecule has 2 aromatic rings. The van der Waals surface area contributed by atoms with E-state index < -0.39 is 0 Å². The van der Waals surface area contributed by atoms with E-state index in [1.54, 1.807) is 18.3 Å². The third-order valence-electron chi connectivity index (χ3n) is 3.57. The van der Waals surface area contributed by atoms with E-state index in [-0.39, 0.29) is 0 Å². The molecule has 0 saturated heterocycles. The highest BCUT2D eigenvalue weighted by Gasteiger charge is 2.01. The smallest absolute Gasteiger partial charge is 0.137 e. The van der Waals surface area contributed by atoms with Crippen molar-refractivity contribution < 1.29 is 4.74 Å². The van der Waals surface area contributed by atoms with Crippen LogP contribution in [0, 0.1) is 11.3 Å². The number of unbranched alkanes of at least 4 members (excludes halogenated alkanes) is 3. The molecule has 0 aliphatic carbocycles. The number of pyridine rings is 1. The Labute approximate surface area is 138 Å². The predicted molar refractivity (Wildman–Crippen MR) is 93.2 cm³/mol. The van der Waals surface area contributed by atoms with Gasteiger partial charge in [-0.15, -0.1) is 0 Å². The van der Waals surface area contributed by atoms with Gasteiger partial charge in [0.05, 0.1) is 30.1 Å². The van der Waals surface area contributed by atoms with Crippen LogP contribution in [0.25, 0.3) is 11.3 Å². The van der Waals surface area contributed by atoms with E-state index in [2.05, 4.69) is 30.1 Å². The number of hydrogen-bond acceptors (Lipinski definition) is 3. The third kappa shape index (κ3) is 5.60. The summed E-state index contributed by atoms with van der Waals surface area (Å²) in [5, 5.41) is 8.81. The van der Waals surface area contributed by atoms with Gasteiger partial charge in [0.2, 0.25) is 0 Å². The van der Waals surface area contributed by atoms with Gasteiger partial charge in [-0.3, -0.25) is 4.98 Å². The van der Waals surface area contributed by atoms with Crippen LogP contribution in [0.2, 0.25) is 0 Å². The highest BCUT2D eigenvalue weighted by Crippen LogP contribution is 2.20. The van der Waals surface area contributed by atoms with Gasteiger partial charge in [-0.25, -0.2) is 0 Å². The van der Waals surface area contributed by atoms with Crippen molar-refractivity contribution in [3.63, 3.8) is 0 Å². The molecule has 0 fully saturated rings. The van der Waals surface area contributed by atoms with Crippen molar-refractivity contribution in [2.45, 2.75) is 32.6 Å². The Balaban J connectivity index is 1.79. The average molecular weight is 306 g/mol. The van der Waals surface area contributed by atoms with E-state index in [1.165, 1.54) is 12.8 Å². The summed E-state index contributed by atoms with van der Waals surface area (Å²) in [4.78, 5) is 4.43. The number of aromatic nitrogens is 1. The highest BCUT2D eigenvalue weighted by atomic mass is 16.5. The lowest BCUT2D eigenvalue weighted by Crippen LogP contribution is -1.97. The Morgan fingerprint density at radius 1 is 1.09 bits per heavy atom. The number of allylic oxidation sites excluding steroid dienone is 2. The Bertz CT molecular complexity index is 652. The topological polar surface area (TPSA) is 45.9 Å². The summed E-state index contributed by atoms with van der Waals surface area (Å²) in [6, 6.07) is 13.4. The first-order chi connectivity index (χ1) is 11.3. The average Bonchev–Trinajstić information content (AvgIpc) is 2.61. The molecule has 3 heteroatoms. The molecule has 118 valence electrons. The predicted octanol–water partition coefficient (Wildman–Crippen LogP) is 5.14. The number of ether oxygens (including phenoxy) is 1. The van der Waals surface area contributed by atoms with Gasteiger partial charge in [0, 0.05) is 5.56 Å². The summed E-state index contributed by atoms with van der Waals surface area (Å²) in [5.41, 5.74) is 2.54. The van der Waals surface area contributed by atoms with Gasteiger partial charge in [0.25, 0.3) is 0 Å². The largest absolute Gasteiger partial charge is 0.492 e. The van der Waals surface area contributed by atoms with E-state index >= 15 is 0 Å². The number of hydrogen-bond donors (Lipinski definition) is 0. The van der Waals surface area contributed by atoms with Gasteiger partial charge < -0.3 is 4.74 Å². The van der Waals surface area contributed by atoms with Gasteiger partial charge in [0.1, 0.15) is 5.75 Å². The molecular formula is C20H22N2O. The molecule has 0 N–H and O–H groups in total. The lowest BCUT2D eigenvalue weighted by Gasteiger charge is -2.07. The molecule has 0 aliphatic heterocycles. The molecule has 1 heterocycles. The van der Waals surface area contributed by atoms with Crippen molar-refractivity contribution in [3.8, 4) is 23.1 Å². The maximum atomic E-state index is 8.81. The lowest BCUT2D eigenvalue weighted by atomic mass is 10.1. The molecule has 0 saturated carbocycles. The molecule has 0 spiro atoms. The second-order valence-corrected chi connectivity index (χ2v) is 5.34. The number of benzene rings is 1. The number of nitrogens with zero attached hydrogens (tertiary/aromatic N) is 2. The molecule has 0 atom stereocenters. The van der Waals surface area contributed by atoms with E-state index in [1.807, 2.05) is 24.3 Å². The van der Waals surface area contributed by atoms with Crippen LogP contribution in [-0.2, 0) is 0 Å². The fourth-order valence-corrected chi connectivity index (χ4v) is 2.25. The van der Waals surface area contributed by atoms with Crippen LogP contribution in [0.5, 0.6) is 5.75 Å². The van der Waals surface area contributed by atoms with Crippen LogP contribution in [0.4, 0.5) is 0 Å². The standard InChI is InChI=1S/C20H22N2O/c1-2-3-4-5-6-7-14-23-19-12-13-20(22-16-19)18-10-8-17(15-21)9-11-18/h2-3,8-13,16H,4-7,14H2,1H3. The lowest BCUT2D eigenvalue weighted by molar-refractivity contribution is 0.304. The minimum atomic E-state index is 0.656. The molecule has 0 bridgehead atoms. The van der Waals surface area contributed by atoms with E-state index in [0.717, 1.165) is 36.5 Å². The zero-order chi connectivity index (χ0) is 16.3. The van der Waals surface area contributed by atoms with Crippen LogP contribution in [0.15, 0.2) is 54.7 Å². The zero-order valence-electron chi connectivity index (χ0n) is 13.5. The van der Waals surface area contributed by atoms with Crippen LogP contribution in [-0.4, -0.2) is 11.6 Å². The molecular weight excluding hydrogens is 284 g/mol. The first-order valence-electron chi connectivity index (χ1n) is 8.04. The monoisotopic (exact) mass is 306 g/mol. The Hall–Kier alpha value is -2.60. The molecule has 1 aromatic heterocycles. The third-order valence-corrected chi connectivity index (χ3v) is 3.57. The maximum absolute atomic E-state index is 8.81. The van der Waals surface area contributed by atoms with E-state index in [4.69, 9.17) is 10.00 Å². The summed E-state index contributed by atoms with van der Waals surface area (Å²) < 4.78 is 5.72. The zero-order valence-corrected chi connectivity index (χ0v) is 13.5. The second kappa shape index (κ2) is 9.42. The first-order valence-corrected chi connectivity index (χ1v) is 8.04. The number of nitriles is 1. The molecule has 2 rings (SSSR count).